The highest BCUT2D eigenvalue weighted by molar-refractivity contribution is 8.00. The third-order valence-electron chi connectivity index (χ3n) is 4.46. The summed E-state index contributed by atoms with van der Waals surface area (Å²) in [5.41, 5.74) is 5.29. The van der Waals surface area contributed by atoms with E-state index in [1.807, 2.05) is 49.4 Å². The molecule has 0 saturated carbocycles. The quantitative estimate of drug-likeness (QED) is 0.654. The third-order valence-corrected chi connectivity index (χ3v) is 5.49. The first-order valence-corrected chi connectivity index (χ1v) is 9.78. The number of hydrogen-bond donors (Lipinski definition) is 1. The van der Waals surface area contributed by atoms with Crippen LogP contribution in [-0.2, 0) is 11.2 Å². The van der Waals surface area contributed by atoms with Gasteiger partial charge in [0.15, 0.2) is 0 Å². The van der Waals surface area contributed by atoms with Crippen LogP contribution >= 0.6 is 11.8 Å². The Kier molecular flexibility index (Phi) is 5.91. The lowest BCUT2D eigenvalue weighted by Gasteiger charge is -2.12. The predicted molar refractivity (Wildman–Crippen MR) is 108 cm³/mol. The Bertz CT molecular complexity index is 936. The van der Waals surface area contributed by atoms with Gasteiger partial charge in [-0.15, -0.1) is 5.10 Å². The van der Waals surface area contributed by atoms with Crippen LogP contribution in [0, 0.1) is 13.8 Å². The lowest BCUT2D eigenvalue weighted by Crippen LogP contribution is -2.22. The summed E-state index contributed by atoms with van der Waals surface area (Å²) in [7, 11) is 0. The third kappa shape index (κ3) is 4.54. The number of rotatable bonds is 6. The van der Waals surface area contributed by atoms with Crippen LogP contribution in [0.1, 0.15) is 30.5 Å². The van der Waals surface area contributed by atoms with Crippen LogP contribution in [0.4, 0.5) is 5.69 Å². The van der Waals surface area contributed by atoms with E-state index < -0.39 is 0 Å². The van der Waals surface area contributed by atoms with Gasteiger partial charge in [0.25, 0.3) is 0 Å². The number of carbonyl (C=O) groups is 1. The Balaban J connectivity index is 1.70. The highest BCUT2D eigenvalue weighted by atomic mass is 32.2. The Labute approximate surface area is 163 Å². The maximum atomic E-state index is 12.5. The maximum Gasteiger partial charge on any atom is 0.237 e. The number of thioether (sulfide) groups is 1. The molecule has 0 fully saturated rings. The highest BCUT2D eigenvalue weighted by Gasteiger charge is 2.19. The Morgan fingerprint density at radius 2 is 1.89 bits per heavy atom. The highest BCUT2D eigenvalue weighted by Crippen LogP contribution is 2.25. The van der Waals surface area contributed by atoms with Gasteiger partial charge in [-0.05, 0) is 78.6 Å². The van der Waals surface area contributed by atoms with Gasteiger partial charge in [-0.25, -0.2) is 0 Å². The average molecular weight is 382 g/mol. The Morgan fingerprint density at radius 1 is 1.15 bits per heavy atom. The molecule has 2 aromatic carbocycles. The van der Waals surface area contributed by atoms with E-state index in [0.29, 0.717) is 5.16 Å². The number of aryl methyl sites for hydroxylation is 3. The molecule has 0 aliphatic carbocycles. The molecule has 140 valence electrons. The van der Waals surface area contributed by atoms with Gasteiger partial charge in [0.1, 0.15) is 0 Å². The van der Waals surface area contributed by atoms with Crippen molar-refractivity contribution in [3.8, 4) is 5.69 Å². The van der Waals surface area contributed by atoms with Gasteiger partial charge in [0.05, 0.1) is 10.9 Å². The molecule has 0 saturated heterocycles. The molecule has 0 aliphatic rings. The van der Waals surface area contributed by atoms with Crippen molar-refractivity contribution in [2.24, 2.45) is 0 Å². The number of benzene rings is 2. The first-order valence-electron chi connectivity index (χ1n) is 8.90. The van der Waals surface area contributed by atoms with Crippen molar-refractivity contribution in [1.82, 2.24) is 20.2 Å². The van der Waals surface area contributed by atoms with Crippen LogP contribution in [0.5, 0.6) is 0 Å². The van der Waals surface area contributed by atoms with Gasteiger partial charge in [-0.3, -0.25) is 4.79 Å². The SMILES string of the molecule is CCc1ccc(NC(=O)[C@@H](C)Sc2nnnn2-c2ccc(C)c(C)c2)cc1. The van der Waals surface area contributed by atoms with Gasteiger partial charge >= 0.3 is 0 Å². The number of nitrogens with zero attached hydrogens (tertiary/aromatic N) is 4. The standard InChI is InChI=1S/C20H23N5OS/c1-5-16-7-9-17(10-8-16)21-19(26)15(4)27-20-22-23-24-25(20)18-11-6-13(2)14(3)12-18/h6-12,15H,5H2,1-4H3,(H,21,26)/t15-/m1/s1. The fourth-order valence-corrected chi connectivity index (χ4v) is 3.36. The van der Waals surface area contributed by atoms with Crippen molar-refractivity contribution in [2.45, 2.75) is 44.5 Å². The Morgan fingerprint density at radius 3 is 2.56 bits per heavy atom. The average Bonchev–Trinajstić information content (AvgIpc) is 3.12. The van der Waals surface area contributed by atoms with Crippen LogP contribution in [0.15, 0.2) is 47.6 Å². The molecule has 27 heavy (non-hydrogen) atoms. The Hall–Kier alpha value is -2.67. The molecule has 0 spiro atoms. The monoisotopic (exact) mass is 381 g/mol. The fraction of sp³-hybridized carbons (Fsp3) is 0.300. The van der Waals surface area contributed by atoms with Gasteiger partial charge < -0.3 is 5.32 Å². The summed E-state index contributed by atoms with van der Waals surface area (Å²) in [6, 6.07) is 13.9. The van der Waals surface area contributed by atoms with Crippen molar-refractivity contribution in [3.63, 3.8) is 0 Å². The van der Waals surface area contributed by atoms with E-state index in [0.717, 1.165) is 17.8 Å². The van der Waals surface area contributed by atoms with Crippen LogP contribution in [-0.4, -0.2) is 31.4 Å². The minimum absolute atomic E-state index is 0.0844. The zero-order valence-corrected chi connectivity index (χ0v) is 16.7. The molecule has 7 heteroatoms. The number of anilines is 1. The van der Waals surface area contributed by atoms with Gasteiger partial charge in [0.2, 0.25) is 11.1 Å². The summed E-state index contributed by atoms with van der Waals surface area (Å²) in [4.78, 5) is 12.5. The maximum absolute atomic E-state index is 12.5. The number of hydrogen-bond acceptors (Lipinski definition) is 5. The van der Waals surface area contributed by atoms with E-state index in [-0.39, 0.29) is 11.2 Å². The molecular weight excluding hydrogens is 358 g/mol. The number of nitrogens with one attached hydrogen (secondary N) is 1. The fourth-order valence-electron chi connectivity index (χ4n) is 2.55. The number of tetrazole rings is 1. The summed E-state index contributed by atoms with van der Waals surface area (Å²) in [6.07, 6.45) is 0.974. The van der Waals surface area contributed by atoms with Crippen molar-refractivity contribution in [1.29, 1.82) is 0 Å². The van der Waals surface area contributed by atoms with E-state index in [9.17, 15) is 4.79 Å². The molecule has 0 unspecified atom stereocenters. The molecule has 1 aromatic heterocycles. The van der Waals surface area contributed by atoms with Gasteiger partial charge in [0, 0.05) is 5.69 Å². The van der Waals surface area contributed by atoms with Crippen molar-refractivity contribution < 1.29 is 4.79 Å². The first-order chi connectivity index (χ1) is 13.0. The molecule has 1 heterocycles. The summed E-state index contributed by atoms with van der Waals surface area (Å²) >= 11 is 1.33. The lowest BCUT2D eigenvalue weighted by molar-refractivity contribution is -0.115. The van der Waals surface area contributed by atoms with Crippen molar-refractivity contribution in [3.05, 3.63) is 59.2 Å². The minimum Gasteiger partial charge on any atom is -0.325 e. The summed E-state index contributed by atoms with van der Waals surface area (Å²) in [5, 5.41) is 15.1. The predicted octanol–water partition coefficient (Wildman–Crippen LogP) is 3.96. The number of aromatic nitrogens is 4. The summed E-state index contributed by atoms with van der Waals surface area (Å²) in [5.74, 6) is -0.0844. The minimum atomic E-state index is -0.341. The van der Waals surface area contributed by atoms with Crippen LogP contribution in [0.25, 0.3) is 5.69 Å². The summed E-state index contributed by atoms with van der Waals surface area (Å²) in [6.45, 7) is 8.07. The van der Waals surface area contributed by atoms with E-state index >= 15 is 0 Å². The topological polar surface area (TPSA) is 72.7 Å². The van der Waals surface area contributed by atoms with E-state index in [1.165, 1.54) is 28.5 Å². The second-order valence-corrected chi connectivity index (χ2v) is 7.75. The van der Waals surface area contributed by atoms with Crippen molar-refractivity contribution >= 4 is 23.4 Å². The normalized spacial score (nSPS) is 12.0. The van der Waals surface area contributed by atoms with Crippen LogP contribution in [0.2, 0.25) is 0 Å². The molecule has 1 atom stereocenters. The molecule has 0 aliphatic heterocycles. The largest absolute Gasteiger partial charge is 0.325 e. The second-order valence-electron chi connectivity index (χ2n) is 6.44. The first kappa shape index (κ1) is 19.1. The van der Waals surface area contributed by atoms with Crippen LogP contribution in [0.3, 0.4) is 0 Å². The smallest absolute Gasteiger partial charge is 0.237 e. The van der Waals surface area contributed by atoms with E-state index in [1.54, 1.807) is 4.68 Å². The summed E-state index contributed by atoms with van der Waals surface area (Å²) < 4.78 is 1.66. The molecule has 3 rings (SSSR count). The van der Waals surface area contributed by atoms with Gasteiger partial charge in [-0.2, -0.15) is 4.68 Å². The van der Waals surface area contributed by atoms with E-state index in [2.05, 4.69) is 41.6 Å². The number of amides is 1. The second kappa shape index (κ2) is 8.35. The van der Waals surface area contributed by atoms with Crippen molar-refractivity contribution in [2.75, 3.05) is 5.32 Å². The molecule has 0 bridgehead atoms. The molecule has 0 radical (unpaired) electrons. The lowest BCUT2D eigenvalue weighted by atomic mass is 10.1. The molecule has 3 aromatic rings. The zero-order chi connectivity index (χ0) is 19.4. The molecular formula is C20H23N5OS. The molecule has 1 N–H and O–H groups in total. The zero-order valence-electron chi connectivity index (χ0n) is 15.9. The number of carbonyl (C=O) groups excluding carboxylic acids is 1. The van der Waals surface area contributed by atoms with Crippen LogP contribution < -0.4 is 5.32 Å². The van der Waals surface area contributed by atoms with Gasteiger partial charge in [-0.1, -0.05) is 36.9 Å². The molecule has 6 nitrogen and oxygen atoms in total. The molecule has 1 amide bonds. The van der Waals surface area contributed by atoms with E-state index in [4.69, 9.17) is 0 Å².